The van der Waals surface area contributed by atoms with Crippen molar-refractivity contribution in [1.29, 1.82) is 5.26 Å². The number of benzene rings is 1. The zero-order valence-electron chi connectivity index (χ0n) is 8.04. The van der Waals surface area contributed by atoms with Crippen LogP contribution < -0.4 is 4.90 Å². The van der Waals surface area contributed by atoms with Crippen molar-refractivity contribution in [2.24, 2.45) is 0 Å². The van der Waals surface area contributed by atoms with Crippen LogP contribution in [0.3, 0.4) is 0 Å². The Morgan fingerprint density at radius 1 is 1.00 bits per heavy atom. The number of anilines is 2. The van der Waals surface area contributed by atoms with Gasteiger partial charge < -0.3 is 0 Å². The van der Waals surface area contributed by atoms with Gasteiger partial charge in [0.25, 0.3) is 0 Å². The molecule has 0 saturated carbocycles. The van der Waals surface area contributed by atoms with Gasteiger partial charge in [0.2, 0.25) is 0 Å². The third-order valence-electron chi connectivity index (χ3n) is 1.99. The highest BCUT2D eigenvalue weighted by Crippen LogP contribution is 2.21. The second-order valence-electron chi connectivity index (χ2n) is 2.96. The second-order valence-corrected chi connectivity index (χ2v) is 2.96. The van der Waals surface area contributed by atoms with Gasteiger partial charge in [0.05, 0.1) is 5.69 Å². The SMILES string of the molecule is N#CN(c1ccccc1)c1ccccn1. The number of aromatic nitrogens is 1. The van der Waals surface area contributed by atoms with E-state index in [9.17, 15) is 0 Å². The van der Waals surface area contributed by atoms with E-state index in [-0.39, 0.29) is 0 Å². The molecule has 0 spiro atoms. The minimum Gasteiger partial charge on any atom is -0.238 e. The molecule has 1 aromatic heterocycles. The predicted molar refractivity (Wildman–Crippen MR) is 58.4 cm³/mol. The Balaban J connectivity index is 2.39. The normalized spacial score (nSPS) is 9.27. The van der Waals surface area contributed by atoms with Crippen molar-refractivity contribution >= 4 is 11.5 Å². The molecule has 0 unspecified atom stereocenters. The van der Waals surface area contributed by atoms with Gasteiger partial charge in [-0.2, -0.15) is 5.26 Å². The highest BCUT2D eigenvalue weighted by atomic mass is 15.2. The molecule has 0 amide bonds. The van der Waals surface area contributed by atoms with Crippen molar-refractivity contribution in [2.75, 3.05) is 4.90 Å². The van der Waals surface area contributed by atoms with Crippen molar-refractivity contribution in [2.45, 2.75) is 0 Å². The second kappa shape index (κ2) is 4.25. The highest BCUT2D eigenvalue weighted by Gasteiger charge is 2.07. The van der Waals surface area contributed by atoms with Crippen LogP contribution in [0.2, 0.25) is 0 Å². The van der Waals surface area contributed by atoms with Crippen LogP contribution in [0.1, 0.15) is 0 Å². The van der Waals surface area contributed by atoms with E-state index in [0.29, 0.717) is 5.82 Å². The number of pyridine rings is 1. The number of nitrogens with zero attached hydrogens (tertiary/aromatic N) is 3. The fourth-order valence-corrected chi connectivity index (χ4v) is 1.30. The molecule has 0 aliphatic carbocycles. The van der Waals surface area contributed by atoms with E-state index in [1.807, 2.05) is 42.5 Å². The monoisotopic (exact) mass is 195 g/mol. The van der Waals surface area contributed by atoms with Gasteiger partial charge >= 0.3 is 0 Å². The Labute approximate surface area is 88.2 Å². The molecule has 3 heteroatoms. The standard InChI is InChI=1S/C12H9N3/c13-10-15(11-6-2-1-3-7-11)12-8-4-5-9-14-12/h1-9H. The summed E-state index contributed by atoms with van der Waals surface area (Å²) in [6.45, 7) is 0. The van der Waals surface area contributed by atoms with Gasteiger partial charge in [0.15, 0.2) is 6.19 Å². The molecule has 0 N–H and O–H groups in total. The summed E-state index contributed by atoms with van der Waals surface area (Å²) in [7, 11) is 0. The smallest absolute Gasteiger partial charge is 0.190 e. The molecular weight excluding hydrogens is 186 g/mol. The summed E-state index contributed by atoms with van der Waals surface area (Å²) >= 11 is 0. The summed E-state index contributed by atoms with van der Waals surface area (Å²) in [5, 5.41) is 9.07. The maximum absolute atomic E-state index is 9.07. The van der Waals surface area contributed by atoms with Gasteiger partial charge in [-0.25, -0.2) is 9.88 Å². The Morgan fingerprint density at radius 2 is 1.73 bits per heavy atom. The Morgan fingerprint density at radius 3 is 2.33 bits per heavy atom. The van der Waals surface area contributed by atoms with Crippen LogP contribution in [0.15, 0.2) is 54.7 Å². The van der Waals surface area contributed by atoms with E-state index in [2.05, 4.69) is 11.2 Å². The topological polar surface area (TPSA) is 39.9 Å². The first-order chi connectivity index (χ1) is 7.42. The summed E-state index contributed by atoms with van der Waals surface area (Å²) in [5.41, 5.74) is 0.818. The Hall–Kier alpha value is -2.34. The molecule has 0 radical (unpaired) electrons. The molecule has 1 heterocycles. The Kier molecular flexibility index (Phi) is 2.61. The van der Waals surface area contributed by atoms with Crippen LogP contribution >= 0.6 is 0 Å². The average molecular weight is 195 g/mol. The van der Waals surface area contributed by atoms with Gasteiger partial charge in [0, 0.05) is 6.20 Å². The molecule has 15 heavy (non-hydrogen) atoms. The van der Waals surface area contributed by atoms with Crippen LogP contribution in [0, 0.1) is 11.5 Å². The molecule has 0 atom stereocenters. The van der Waals surface area contributed by atoms with Crippen LogP contribution in [0.5, 0.6) is 0 Å². The number of nitriles is 1. The molecule has 0 bridgehead atoms. The fourth-order valence-electron chi connectivity index (χ4n) is 1.30. The van der Waals surface area contributed by atoms with Gasteiger partial charge in [0.1, 0.15) is 5.82 Å². The first kappa shape index (κ1) is 9.22. The molecule has 1 aromatic carbocycles. The summed E-state index contributed by atoms with van der Waals surface area (Å²) in [6.07, 6.45) is 3.77. The fraction of sp³-hybridized carbons (Fsp3) is 0. The van der Waals surface area contributed by atoms with Gasteiger partial charge in [-0.1, -0.05) is 24.3 Å². The zero-order chi connectivity index (χ0) is 10.5. The van der Waals surface area contributed by atoms with Crippen molar-refractivity contribution in [3.63, 3.8) is 0 Å². The number of hydrogen-bond donors (Lipinski definition) is 0. The van der Waals surface area contributed by atoms with E-state index in [1.54, 1.807) is 12.3 Å². The molecule has 2 rings (SSSR count). The summed E-state index contributed by atoms with van der Waals surface area (Å²) < 4.78 is 0. The number of para-hydroxylation sites is 1. The lowest BCUT2D eigenvalue weighted by atomic mass is 10.3. The third-order valence-corrected chi connectivity index (χ3v) is 1.99. The minimum absolute atomic E-state index is 0.631. The lowest BCUT2D eigenvalue weighted by molar-refractivity contribution is 1.18. The largest absolute Gasteiger partial charge is 0.238 e. The molecule has 3 nitrogen and oxygen atoms in total. The molecule has 2 aromatic rings. The maximum Gasteiger partial charge on any atom is 0.190 e. The highest BCUT2D eigenvalue weighted by molar-refractivity contribution is 5.63. The van der Waals surface area contributed by atoms with Gasteiger partial charge in [-0.05, 0) is 24.3 Å². The van der Waals surface area contributed by atoms with Crippen molar-refractivity contribution < 1.29 is 0 Å². The van der Waals surface area contributed by atoms with Crippen LogP contribution in [-0.2, 0) is 0 Å². The summed E-state index contributed by atoms with van der Waals surface area (Å²) in [6, 6.07) is 14.9. The quantitative estimate of drug-likeness (QED) is 0.546. The maximum atomic E-state index is 9.07. The molecule has 0 aliphatic rings. The lowest BCUT2D eigenvalue weighted by Crippen LogP contribution is -2.09. The Bertz CT molecular complexity index is 420. The lowest BCUT2D eigenvalue weighted by Gasteiger charge is -2.13. The van der Waals surface area contributed by atoms with E-state index in [4.69, 9.17) is 5.26 Å². The van der Waals surface area contributed by atoms with Crippen molar-refractivity contribution in [3.05, 3.63) is 54.7 Å². The van der Waals surface area contributed by atoms with E-state index in [1.165, 1.54) is 4.90 Å². The van der Waals surface area contributed by atoms with Gasteiger partial charge in [-0.3, -0.25) is 0 Å². The summed E-state index contributed by atoms with van der Waals surface area (Å²) in [5.74, 6) is 0.631. The van der Waals surface area contributed by atoms with Crippen LogP contribution in [0.25, 0.3) is 0 Å². The van der Waals surface area contributed by atoms with E-state index >= 15 is 0 Å². The summed E-state index contributed by atoms with van der Waals surface area (Å²) in [4.78, 5) is 5.62. The minimum atomic E-state index is 0.631. The first-order valence-electron chi connectivity index (χ1n) is 4.58. The molecule has 0 saturated heterocycles. The van der Waals surface area contributed by atoms with Crippen molar-refractivity contribution in [1.82, 2.24) is 4.98 Å². The number of hydrogen-bond acceptors (Lipinski definition) is 3. The van der Waals surface area contributed by atoms with E-state index < -0.39 is 0 Å². The predicted octanol–water partition coefficient (Wildman–Crippen LogP) is 2.70. The molecule has 0 fully saturated rings. The molecule has 0 aliphatic heterocycles. The third kappa shape index (κ3) is 1.94. The van der Waals surface area contributed by atoms with Crippen LogP contribution in [0.4, 0.5) is 11.5 Å². The van der Waals surface area contributed by atoms with Crippen molar-refractivity contribution in [3.8, 4) is 6.19 Å². The average Bonchev–Trinajstić information content (AvgIpc) is 2.33. The molecular formula is C12H9N3. The van der Waals surface area contributed by atoms with Crippen LogP contribution in [-0.4, -0.2) is 4.98 Å². The number of rotatable bonds is 2. The zero-order valence-corrected chi connectivity index (χ0v) is 8.04. The molecule has 72 valence electrons. The first-order valence-corrected chi connectivity index (χ1v) is 4.58. The van der Waals surface area contributed by atoms with E-state index in [0.717, 1.165) is 5.69 Å². The van der Waals surface area contributed by atoms with Gasteiger partial charge in [-0.15, -0.1) is 0 Å².